The van der Waals surface area contributed by atoms with E-state index in [0.29, 0.717) is 6.61 Å². The number of rotatable bonds is 17. The topological polar surface area (TPSA) is 55.8 Å². The number of unbranched alkanes of at least 4 members (excludes halogenated alkanes) is 11. The first kappa shape index (κ1) is 21.6. The summed E-state index contributed by atoms with van der Waals surface area (Å²) in [5.74, 6) is -1.58. The van der Waals surface area contributed by atoms with Crippen molar-refractivity contribution in [1.82, 2.24) is 0 Å². The molecule has 0 aliphatic rings. The van der Waals surface area contributed by atoms with Crippen molar-refractivity contribution in [3.63, 3.8) is 0 Å². The van der Waals surface area contributed by atoms with Crippen molar-refractivity contribution in [3.8, 4) is 0 Å². The molecule has 1 N–H and O–H groups in total. The normalized spacial score (nSPS) is 10.3. The number of aliphatic carboxylic acids is 1. The van der Waals surface area contributed by atoms with E-state index in [1.807, 2.05) is 0 Å². The van der Waals surface area contributed by atoms with Crippen LogP contribution in [0.15, 0.2) is 24.9 Å². The molecule has 0 radical (unpaired) electrons. The Kier molecular flexibility index (Phi) is 14.5. The van der Waals surface area contributed by atoms with Crippen LogP contribution in [0.3, 0.4) is 0 Å². The second-order valence-electron chi connectivity index (χ2n) is 5.94. The molecule has 0 aromatic carbocycles. The predicted molar refractivity (Wildman–Crippen MR) is 94.0 cm³/mol. The number of carbonyl (C=O) groups is 1. The molecule has 4 nitrogen and oxygen atoms in total. The Balaban J connectivity index is 3.23. The van der Waals surface area contributed by atoms with Gasteiger partial charge in [-0.25, -0.2) is 4.79 Å². The lowest BCUT2D eigenvalue weighted by Gasteiger charge is -2.09. The smallest absolute Gasteiger partial charge is 0.371 e. The van der Waals surface area contributed by atoms with Gasteiger partial charge in [0, 0.05) is 0 Å². The van der Waals surface area contributed by atoms with E-state index >= 15 is 0 Å². The van der Waals surface area contributed by atoms with Gasteiger partial charge in [-0.05, 0) is 19.6 Å². The molecule has 0 fully saturated rings. The van der Waals surface area contributed by atoms with Gasteiger partial charge in [0.05, 0.1) is 6.61 Å². The van der Waals surface area contributed by atoms with Gasteiger partial charge in [0.25, 0.3) is 5.95 Å². The van der Waals surface area contributed by atoms with Crippen molar-refractivity contribution in [2.24, 2.45) is 0 Å². The molecule has 23 heavy (non-hydrogen) atoms. The van der Waals surface area contributed by atoms with Crippen molar-refractivity contribution in [2.75, 3.05) is 6.61 Å². The first-order valence-corrected chi connectivity index (χ1v) is 8.99. The van der Waals surface area contributed by atoms with Gasteiger partial charge in [0.1, 0.15) is 0 Å². The molecule has 0 rings (SSSR count). The summed E-state index contributed by atoms with van der Waals surface area (Å²) in [5, 5.41) is 8.59. The maximum atomic E-state index is 10.5. The summed E-state index contributed by atoms with van der Waals surface area (Å²) in [5.41, 5.74) is 0. The van der Waals surface area contributed by atoms with Crippen molar-refractivity contribution < 1.29 is 19.4 Å². The standard InChI is InChI=1S/C19H34O4/c1-4-5-6-7-8-9-10-11-12-13-14-15-16-22-18(3)23-17(2)19(20)21/h2-16H2,1H3,(H,20,21). The van der Waals surface area contributed by atoms with Gasteiger partial charge in [0.2, 0.25) is 5.76 Å². The van der Waals surface area contributed by atoms with Gasteiger partial charge in [-0.15, -0.1) is 0 Å². The van der Waals surface area contributed by atoms with Crippen LogP contribution < -0.4 is 0 Å². The third kappa shape index (κ3) is 15.2. The van der Waals surface area contributed by atoms with Crippen LogP contribution in [0.5, 0.6) is 0 Å². The third-order valence-electron chi connectivity index (χ3n) is 3.74. The summed E-state index contributed by atoms with van der Waals surface area (Å²) in [6.45, 7) is 9.50. The van der Waals surface area contributed by atoms with Gasteiger partial charge in [-0.2, -0.15) is 0 Å². The van der Waals surface area contributed by atoms with Crippen LogP contribution in [0.1, 0.15) is 84.0 Å². The maximum Gasteiger partial charge on any atom is 0.371 e. The lowest BCUT2D eigenvalue weighted by molar-refractivity contribution is -0.136. The highest BCUT2D eigenvalue weighted by atomic mass is 16.7. The first-order chi connectivity index (χ1) is 11.1. The van der Waals surface area contributed by atoms with Crippen LogP contribution in [-0.2, 0) is 14.3 Å². The van der Waals surface area contributed by atoms with Gasteiger partial charge >= 0.3 is 5.97 Å². The second-order valence-corrected chi connectivity index (χ2v) is 5.94. The van der Waals surface area contributed by atoms with Gasteiger partial charge in [-0.3, -0.25) is 0 Å². The van der Waals surface area contributed by atoms with Crippen molar-refractivity contribution in [1.29, 1.82) is 0 Å². The van der Waals surface area contributed by atoms with Crippen LogP contribution in [-0.4, -0.2) is 17.7 Å². The highest BCUT2D eigenvalue weighted by molar-refractivity contribution is 5.83. The lowest BCUT2D eigenvalue weighted by Crippen LogP contribution is -2.05. The van der Waals surface area contributed by atoms with Gasteiger partial charge < -0.3 is 14.6 Å². The molecule has 0 atom stereocenters. The molecule has 134 valence electrons. The van der Waals surface area contributed by atoms with Crippen molar-refractivity contribution in [2.45, 2.75) is 84.0 Å². The van der Waals surface area contributed by atoms with Crippen LogP contribution in [0.25, 0.3) is 0 Å². The summed E-state index contributed by atoms with van der Waals surface area (Å²) in [4.78, 5) is 10.5. The summed E-state index contributed by atoms with van der Waals surface area (Å²) in [6, 6.07) is 0. The zero-order valence-electron chi connectivity index (χ0n) is 14.8. The molecular weight excluding hydrogens is 292 g/mol. The monoisotopic (exact) mass is 326 g/mol. The number of hydrogen-bond acceptors (Lipinski definition) is 3. The summed E-state index contributed by atoms with van der Waals surface area (Å²) < 4.78 is 10.0. The summed E-state index contributed by atoms with van der Waals surface area (Å²) >= 11 is 0. The minimum absolute atomic E-state index is 0.000438. The Morgan fingerprint density at radius 2 is 1.26 bits per heavy atom. The molecule has 0 aliphatic carbocycles. The van der Waals surface area contributed by atoms with E-state index in [9.17, 15) is 4.79 Å². The molecule has 0 aromatic rings. The molecule has 0 heterocycles. The fourth-order valence-electron chi connectivity index (χ4n) is 2.34. The first-order valence-electron chi connectivity index (χ1n) is 8.99. The molecule has 0 bridgehead atoms. The van der Waals surface area contributed by atoms with E-state index in [1.165, 1.54) is 64.2 Å². The van der Waals surface area contributed by atoms with E-state index in [4.69, 9.17) is 14.6 Å². The zero-order valence-corrected chi connectivity index (χ0v) is 14.8. The van der Waals surface area contributed by atoms with Gasteiger partial charge in [0.15, 0.2) is 0 Å². The Labute approximate surface area is 141 Å². The second kappa shape index (κ2) is 15.4. The molecule has 0 aliphatic heterocycles. The molecule has 4 heteroatoms. The highest BCUT2D eigenvalue weighted by Gasteiger charge is 2.07. The number of carboxylic acids is 1. The van der Waals surface area contributed by atoms with E-state index in [1.54, 1.807) is 0 Å². The maximum absolute atomic E-state index is 10.5. The van der Waals surface area contributed by atoms with Crippen LogP contribution >= 0.6 is 0 Å². The average Bonchev–Trinajstić information content (AvgIpc) is 2.51. The molecule has 0 saturated carbocycles. The van der Waals surface area contributed by atoms with Crippen LogP contribution in [0.4, 0.5) is 0 Å². The Bertz CT molecular complexity index is 336. The van der Waals surface area contributed by atoms with Crippen molar-refractivity contribution >= 4 is 5.97 Å². The average molecular weight is 326 g/mol. The largest absolute Gasteiger partial charge is 0.475 e. The van der Waals surface area contributed by atoms with E-state index in [2.05, 4.69) is 20.1 Å². The number of ether oxygens (including phenoxy) is 2. The SMILES string of the molecule is C=C(OCCCCCCCCCCCCCC)OC(=C)C(=O)O. The van der Waals surface area contributed by atoms with E-state index in [0.717, 1.165) is 12.8 Å². The van der Waals surface area contributed by atoms with Crippen molar-refractivity contribution in [3.05, 3.63) is 24.9 Å². The predicted octanol–water partition coefficient (Wildman–Crippen LogP) is 5.79. The van der Waals surface area contributed by atoms with Gasteiger partial charge in [-0.1, -0.05) is 77.6 Å². The van der Waals surface area contributed by atoms with Crippen LogP contribution in [0.2, 0.25) is 0 Å². The van der Waals surface area contributed by atoms with Crippen LogP contribution in [0, 0.1) is 0 Å². The minimum Gasteiger partial charge on any atom is -0.475 e. The quantitative estimate of drug-likeness (QED) is 0.209. The Morgan fingerprint density at radius 1 is 0.826 bits per heavy atom. The van der Waals surface area contributed by atoms with E-state index < -0.39 is 5.97 Å². The summed E-state index contributed by atoms with van der Waals surface area (Å²) in [7, 11) is 0. The fourth-order valence-corrected chi connectivity index (χ4v) is 2.34. The molecule has 0 aromatic heterocycles. The zero-order chi connectivity index (χ0) is 17.3. The lowest BCUT2D eigenvalue weighted by atomic mass is 10.1. The molecule has 0 amide bonds. The minimum atomic E-state index is -1.21. The third-order valence-corrected chi connectivity index (χ3v) is 3.74. The molecule has 0 unspecified atom stereocenters. The highest BCUT2D eigenvalue weighted by Crippen LogP contribution is 2.12. The fraction of sp³-hybridized carbons (Fsp3) is 0.737. The Hall–Kier alpha value is -1.45. The van der Waals surface area contributed by atoms with E-state index in [-0.39, 0.29) is 11.7 Å². The molecule has 0 spiro atoms. The molecular formula is C19H34O4. The molecule has 0 saturated heterocycles. The summed E-state index contributed by atoms with van der Waals surface area (Å²) in [6.07, 6.45) is 15.5. The Morgan fingerprint density at radius 3 is 1.70 bits per heavy atom. The number of hydrogen-bond donors (Lipinski definition) is 1. The number of carboxylic acid groups (broad SMARTS) is 1.